The lowest BCUT2D eigenvalue weighted by molar-refractivity contribution is -0.384. The van der Waals surface area contributed by atoms with Crippen LogP contribution >= 0.6 is 0 Å². The van der Waals surface area contributed by atoms with E-state index in [2.05, 4.69) is 0 Å². The highest BCUT2D eigenvalue weighted by Gasteiger charge is 2.47. The number of carbonyl (C=O) groups excluding carboxylic acids is 1. The summed E-state index contributed by atoms with van der Waals surface area (Å²) in [5.74, 6) is 0.455. The summed E-state index contributed by atoms with van der Waals surface area (Å²) in [6.07, 6.45) is 0.546. The molecule has 0 heterocycles. The zero-order valence-electron chi connectivity index (χ0n) is 9.27. The number of carbonyl (C=O) groups is 1. The van der Waals surface area contributed by atoms with E-state index in [-0.39, 0.29) is 22.8 Å². The molecule has 84 valence electrons. The highest BCUT2D eigenvalue weighted by Crippen LogP contribution is 2.49. The van der Waals surface area contributed by atoms with E-state index < -0.39 is 4.92 Å². The van der Waals surface area contributed by atoms with Gasteiger partial charge in [-0.25, -0.2) is 0 Å². The number of Topliss-reactive ketones (excluding diaryl/α,β-unsaturated/α-hetero) is 1. The first-order chi connectivity index (χ1) is 7.43. The summed E-state index contributed by atoms with van der Waals surface area (Å²) in [6.45, 7) is 3.84. The lowest BCUT2D eigenvalue weighted by Crippen LogP contribution is -2.43. The quantitative estimate of drug-likeness (QED) is 0.567. The van der Waals surface area contributed by atoms with E-state index in [1.807, 2.05) is 13.8 Å². The number of rotatable bonds is 2. The molecule has 1 atom stereocenters. The van der Waals surface area contributed by atoms with Crippen molar-refractivity contribution in [1.29, 1.82) is 0 Å². The van der Waals surface area contributed by atoms with E-state index in [9.17, 15) is 14.9 Å². The molecule has 0 spiro atoms. The molecular weight excluding hydrogens is 206 g/mol. The molecule has 1 aromatic rings. The summed E-state index contributed by atoms with van der Waals surface area (Å²) in [5, 5.41) is 10.5. The fraction of sp³-hybridized carbons (Fsp3) is 0.417. The molecule has 1 aliphatic carbocycles. The van der Waals surface area contributed by atoms with Crippen molar-refractivity contribution in [3.63, 3.8) is 0 Å². The maximum Gasteiger partial charge on any atom is 0.269 e. The van der Waals surface area contributed by atoms with Crippen molar-refractivity contribution in [3.05, 3.63) is 39.9 Å². The van der Waals surface area contributed by atoms with Gasteiger partial charge >= 0.3 is 0 Å². The Labute approximate surface area is 93.4 Å². The highest BCUT2D eigenvalue weighted by atomic mass is 16.6. The number of nitro benzene ring substituents is 1. The smallest absolute Gasteiger partial charge is 0.269 e. The summed E-state index contributed by atoms with van der Waals surface area (Å²) in [7, 11) is 0. The van der Waals surface area contributed by atoms with Crippen LogP contribution in [0.5, 0.6) is 0 Å². The van der Waals surface area contributed by atoms with Crippen LogP contribution in [0.15, 0.2) is 24.3 Å². The Morgan fingerprint density at radius 3 is 2.25 bits per heavy atom. The van der Waals surface area contributed by atoms with Gasteiger partial charge in [0.15, 0.2) is 0 Å². The molecule has 0 radical (unpaired) electrons. The van der Waals surface area contributed by atoms with E-state index in [0.717, 1.165) is 5.56 Å². The minimum atomic E-state index is -0.416. The molecule has 4 nitrogen and oxygen atoms in total. The van der Waals surface area contributed by atoms with Crippen molar-refractivity contribution in [2.45, 2.75) is 26.2 Å². The summed E-state index contributed by atoms with van der Waals surface area (Å²) in [4.78, 5) is 21.5. The molecule has 0 aromatic heterocycles. The van der Waals surface area contributed by atoms with Gasteiger partial charge in [0.2, 0.25) is 0 Å². The van der Waals surface area contributed by atoms with Crippen LogP contribution in [-0.4, -0.2) is 10.7 Å². The van der Waals surface area contributed by atoms with Gasteiger partial charge in [0.1, 0.15) is 5.78 Å². The fourth-order valence-electron chi connectivity index (χ4n) is 2.13. The van der Waals surface area contributed by atoms with Gasteiger partial charge in [0.05, 0.1) is 4.92 Å². The van der Waals surface area contributed by atoms with E-state index in [1.54, 1.807) is 12.1 Å². The van der Waals surface area contributed by atoms with Gasteiger partial charge in [-0.05, 0) is 5.56 Å². The third kappa shape index (κ3) is 1.50. The third-order valence-corrected chi connectivity index (χ3v) is 3.49. The van der Waals surface area contributed by atoms with E-state index in [0.29, 0.717) is 6.42 Å². The first-order valence-corrected chi connectivity index (χ1v) is 5.20. The molecule has 1 aliphatic rings. The van der Waals surface area contributed by atoms with Crippen molar-refractivity contribution >= 4 is 11.5 Å². The maximum absolute atomic E-state index is 11.4. The van der Waals surface area contributed by atoms with Crippen LogP contribution in [0.1, 0.15) is 31.7 Å². The molecule has 0 aliphatic heterocycles. The molecule has 4 heteroatoms. The number of hydrogen-bond acceptors (Lipinski definition) is 3. The van der Waals surface area contributed by atoms with Crippen molar-refractivity contribution in [3.8, 4) is 0 Å². The molecule has 0 bridgehead atoms. The molecule has 1 fully saturated rings. The summed E-state index contributed by atoms with van der Waals surface area (Å²) in [6, 6.07) is 6.48. The van der Waals surface area contributed by atoms with Crippen molar-refractivity contribution in [1.82, 2.24) is 0 Å². The summed E-state index contributed by atoms with van der Waals surface area (Å²) >= 11 is 0. The van der Waals surface area contributed by atoms with Gasteiger partial charge in [0.25, 0.3) is 5.69 Å². The Bertz CT molecular complexity index is 448. The first-order valence-electron chi connectivity index (χ1n) is 5.20. The average molecular weight is 219 g/mol. The van der Waals surface area contributed by atoms with Crippen molar-refractivity contribution < 1.29 is 9.72 Å². The fourth-order valence-corrected chi connectivity index (χ4v) is 2.13. The molecule has 0 amide bonds. The van der Waals surface area contributed by atoms with Gasteiger partial charge in [-0.3, -0.25) is 14.9 Å². The normalized spacial score (nSPS) is 22.6. The van der Waals surface area contributed by atoms with E-state index in [1.165, 1.54) is 12.1 Å². The summed E-state index contributed by atoms with van der Waals surface area (Å²) < 4.78 is 0. The number of benzene rings is 1. The van der Waals surface area contributed by atoms with Gasteiger partial charge < -0.3 is 0 Å². The Hall–Kier alpha value is -1.71. The lowest BCUT2D eigenvalue weighted by Gasteiger charge is -2.42. The zero-order valence-corrected chi connectivity index (χ0v) is 9.27. The van der Waals surface area contributed by atoms with Gasteiger partial charge in [0, 0.05) is 29.9 Å². The molecule has 1 saturated carbocycles. The monoisotopic (exact) mass is 219 g/mol. The number of ketones is 1. The molecular formula is C12H13NO3. The highest BCUT2D eigenvalue weighted by molar-refractivity contribution is 5.92. The average Bonchev–Trinajstić information content (AvgIpc) is 2.26. The third-order valence-electron chi connectivity index (χ3n) is 3.49. The number of non-ortho nitro benzene ring substituents is 1. The Kier molecular flexibility index (Phi) is 2.30. The Balaban J connectivity index is 2.24. The van der Waals surface area contributed by atoms with E-state index in [4.69, 9.17) is 0 Å². The van der Waals surface area contributed by atoms with Crippen LogP contribution < -0.4 is 0 Å². The van der Waals surface area contributed by atoms with Gasteiger partial charge in [-0.1, -0.05) is 26.0 Å². The first kappa shape index (κ1) is 10.8. The number of nitrogens with zero attached hydrogens (tertiary/aromatic N) is 1. The van der Waals surface area contributed by atoms with Crippen LogP contribution in [0.25, 0.3) is 0 Å². The Morgan fingerprint density at radius 1 is 1.31 bits per heavy atom. The van der Waals surface area contributed by atoms with Gasteiger partial charge in [-0.2, -0.15) is 0 Å². The second kappa shape index (κ2) is 3.40. The van der Waals surface area contributed by atoms with Crippen LogP contribution in [0.4, 0.5) is 5.69 Å². The largest absolute Gasteiger partial charge is 0.299 e. The molecule has 0 saturated heterocycles. The molecule has 0 unspecified atom stereocenters. The maximum atomic E-state index is 11.4. The molecule has 2 rings (SSSR count). The van der Waals surface area contributed by atoms with Crippen molar-refractivity contribution in [2.75, 3.05) is 0 Å². The van der Waals surface area contributed by atoms with Crippen LogP contribution in [0.3, 0.4) is 0 Å². The molecule has 1 aromatic carbocycles. The SMILES string of the molecule is CC1(C)C(=O)C[C@@H]1c1ccc([N+](=O)[O-])cc1. The molecule has 0 N–H and O–H groups in total. The number of hydrogen-bond donors (Lipinski definition) is 0. The van der Waals surface area contributed by atoms with Crippen molar-refractivity contribution in [2.24, 2.45) is 5.41 Å². The lowest BCUT2D eigenvalue weighted by atomic mass is 9.59. The van der Waals surface area contributed by atoms with Crippen LogP contribution in [-0.2, 0) is 4.79 Å². The van der Waals surface area contributed by atoms with Crippen LogP contribution in [0.2, 0.25) is 0 Å². The second-order valence-corrected chi connectivity index (χ2v) is 4.75. The number of nitro groups is 1. The Morgan fingerprint density at radius 2 is 1.88 bits per heavy atom. The van der Waals surface area contributed by atoms with Gasteiger partial charge in [-0.15, -0.1) is 0 Å². The standard InChI is InChI=1S/C12H13NO3/c1-12(2)10(7-11(12)14)8-3-5-9(6-4-8)13(15)16/h3-6,10H,7H2,1-2H3/t10-/m1/s1. The molecule has 16 heavy (non-hydrogen) atoms. The predicted molar refractivity (Wildman–Crippen MR) is 59.2 cm³/mol. The minimum absolute atomic E-state index is 0.0900. The topological polar surface area (TPSA) is 60.2 Å². The zero-order chi connectivity index (χ0) is 11.9. The predicted octanol–water partition coefficient (Wildman–Crippen LogP) is 2.68. The second-order valence-electron chi connectivity index (χ2n) is 4.75. The van der Waals surface area contributed by atoms with E-state index >= 15 is 0 Å². The minimum Gasteiger partial charge on any atom is -0.299 e. The van der Waals surface area contributed by atoms with Crippen LogP contribution in [0, 0.1) is 15.5 Å². The summed E-state index contributed by atoms with van der Waals surface area (Å²) in [5.41, 5.74) is 0.776.